The highest BCUT2D eigenvalue weighted by atomic mass is 35.5. The van der Waals surface area contributed by atoms with Crippen molar-refractivity contribution in [2.75, 3.05) is 19.6 Å². The second-order valence-corrected chi connectivity index (χ2v) is 8.00. The third kappa shape index (κ3) is 5.56. The van der Waals surface area contributed by atoms with Gasteiger partial charge >= 0.3 is 0 Å². The van der Waals surface area contributed by atoms with Crippen LogP contribution in [0.3, 0.4) is 0 Å². The van der Waals surface area contributed by atoms with Gasteiger partial charge in [0.1, 0.15) is 0 Å². The highest BCUT2D eigenvalue weighted by Gasteiger charge is 2.22. The van der Waals surface area contributed by atoms with Gasteiger partial charge in [0.05, 0.1) is 12.5 Å². The maximum atomic E-state index is 12.4. The summed E-state index contributed by atoms with van der Waals surface area (Å²) in [5, 5.41) is 5.96. The number of likely N-dealkylation sites (tertiary alicyclic amines) is 1. The molecule has 1 aliphatic rings. The van der Waals surface area contributed by atoms with Gasteiger partial charge in [-0.05, 0) is 55.1 Å². The minimum absolute atomic E-state index is 0.0682. The zero-order chi connectivity index (χ0) is 17.5. The molecule has 3 nitrogen and oxygen atoms in total. The van der Waals surface area contributed by atoms with Crippen molar-refractivity contribution in [2.45, 2.75) is 38.1 Å². The molecule has 25 heavy (non-hydrogen) atoms. The fourth-order valence-electron chi connectivity index (χ4n) is 3.36. The predicted molar refractivity (Wildman–Crippen MR) is 105 cm³/mol. The van der Waals surface area contributed by atoms with Crippen molar-refractivity contribution in [3.8, 4) is 0 Å². The van der Waals surface area contributed by atoms with E-state index in [1.54, 1.807) is 11.3 Å². The van der Waals surface area contributed by atoms with Gasteiger partial charge in [-0.3, -0.25) is 9.69 Å². The lowest BCUT2D eigenvalue weighted by molar-refractivity contribution is -0.120. The van der Waals surface area contributed by atoms with E-state index < -0.39 is 0 Å². The average Bonchev–Trinajstić information content (AvgIpc) is 3.00. The summed E-state index contributed by atoms with van der Waals surface area (Å²) in [6, 6.07) is 12.0. The fraction of sp³-hybridized carbons (Fsp3) is 0.450. The molecular formula is C20H25ClN2OS. The minimum atomic E-state index is 0.0682. The summed E-state index contributed by atoms with van der Waals surface area (Å²) in [7, 11) is 0. The van der Waals surface area contributed by atoms with E-state index in [-0.39, 0.29) is 11.9 Å². The minimum Gasteiger partial charge on any atom is -0.354 e. The van der Waals surface area contributed by atoms with Crippen LogP contribution < -0.4 is 5.32 Å². The van der Waals surface area contributed by atoms with Crippen LogP contribution >= 0.6 is 22.9 Å². The van der Waals surface area contributed by atoms with E-state index in [1.807, 2.05) is 24.3 Å². The lowest BCUT2D eigenvalue weighted by atomic mass is 10.1. The summed E-state index contributed by atoms with van der Waals surface area (Å²) in [4.78, 5) is 16.2. The van der Waals surface area contributed by atoms with Crippen LogP contribution in [-0.2, 0) is 11.2 Å². The van der Waals surface area contributed by atoms with Gasteiger partial charge in [0.15, 0.2) is 0 Å². The highest BCUT2D eigenvalue weighted by molar-refractivity contribution is 7.10. The highest BCUT2D eigenvalue weighted by Crippen LogP contribution is 2.27. The van der Waals surface area contributed by atoms with Gasteiger partial charge in [-0.2, -0.15) is 0 Å². The lowest BCUT2D eigenvalue weighted by Crippen LogP contribution is -2.38. The molecule has 1 N–H and O–H groups in total. The summed E-state index contributed by atoms with van der Waals surface area (Å²) >= 11 is 7.68. The van der Waals surface area contributed by atoms with Gasteiger partial charge in [-0.15, -0.1) is 11.3 Å². The standard InChI is InChI=1S/C20H25ClN2OS/c21-17-9-7-16(8-10-17)14-20(24)22-15-18(19-6-5-13-25-19)23-11-3-1-2-4-12-23/h5-10,13,18H,1-4,11-12,14-15H2,(H,22,24)/t18-/m0/s1. The fourth-order valence-corrected chi connectivity index (χ4v) is 4.34. The molecule has 1 amide bonds. The van der Waals surface area contributed by atoms with E-state index in [0.717, 1.165) is 18.7 Å². The number of halogens is 1. The van der Waals surface area contributed by atoms with Crippen molar-refractivity contribution in [3.05, 3.63) is 57.2 Å². The second-order valence-electron chi connectivity index (χ2n) is 6.59. The number of amides is 1. The van der Waals surface area contributed by atoms with E-state index in [1.165, 1.54) is 30.6 Å². The maximum Gasteiger partial charge on any atom is 0.224 e. The number of nitrogens with one attached hydrogen (secondary N) is 1. The van der Waals surface area contributed by atoms with Crippen molar-refractivity contribution >= 4 is 28.8 Å². The Labute approximate surface area is 159 Å². The Balaban J connectivity index is 1.60. The van der Waals surface area contributed by atoms with Gasteiger partial charge in [-0.1, -0.05) is 42.6 Å². The smallest absolute Gasteiger partial charge is 0.224 e. The SMILES string of the molecule is O=C(Cc1ccc(Cl)cc1)NC[C@@H](c1cccs1)N1CCCCCC1. The molecule has 2 aromatic rings. The van der Waals surface area contributed by atoms with E-state index in [4.69, 9.17) is 11.6 Å². The summed E-state index contributed by atoms with van der Waals surface area (Å²) in [5.41, 5.74) is 0.990. The molecule has 2 heterocycles. The molecule has 0 aliphatic carbocycles. The first-order valence-corrected chi connectivity index (χ1v) is 10.3. The third-order valence-corrected chi connectivity index (χ3v) is 5.95. The average molecular weight is 377 g/mol. The van der Waals surface area contributed by atoms with Gasteiger partial charge < -0.3 is 5.32 Å². The molecule has 1 atom stereocenters. The van der Waals surface area contributed by atoms with Crippen molar-refractivity contribution < 1.29 is 4.79 Å². The second kappa shape index (κ2) is 9.37. The molecular weight excluding hydrogens is 352 g/mol. The van der Waals surface area contributed by atoms with Gasteiger partial charge in [0.25, 0.3) is 0 Å². The summed E-state index contributed by atoms with van der Waals surface area (Å²) in [6.45, 7) is 2.91. The molecule has 0 bridgehead atoms. The monoisotopic (exact) mass is 376 g/mol. The molecule has 3 rings (SSSR count). The number of benzene rings is 1. The van der Waals surface area contributed by atoms with Crippen molar-refractivity contribution in [1.82, 2.24) is 10.2 Å². The third-order valence-electron chi connectivity index (χ3n) is 4.72. The topological polar surface area (TPSA) is 32.3 Å². The number of carbonyl (C=O) groups is 1. The largest absolute Gasteiger partial charge is 0.354 e. The van der Waals surface area contributed by atoms with Crippen LogP contribution in [0, 0.1) is 0 Å². The van der Waals surface area contributed by atoms with Crippen LogP contribution in [0.4, 0.5) is 0 Å². The lowest BCUT2D eigenvalue weighted by Gasteiger charge is -2.30. The van der Waals surface area contributed by atoms with Crippen molar-refractivity contribution in [2.24, 2.45) is 0 Å². The Bertz CT molecular complexity index is 649. The van der Waals surface area contributed by atoms with E-state index in [0.29, 0.717) is 18.0 Å². The van der Waals surface area contributed by atoms with Gasteiger partial charge in [0, 0.05) is 16.4 Å². The molecule has 0 spiro atoms. The Kier molecular flexibility index (Phi) is 6.91. The van der Waals surface area contributed by atoms with E-state index in [2.05, 4.69) is 27.7 Å². The van der Waals surface area contributed by atoms with Gasteiger partial charge in [0.2, 0.25) is 5.91 Å². The first kappa shape index (κ1) is 18.4. The number of carbonyl (C=O) groups excluding carboxylic acids is 1. The Hall–Kier alpha value is -1.36. The summed E-state index contributed by atoms with van der Waals surface area (Å²) in [5.74, 6) is 0.0682. The molecule has 5 heteroatoms. The quantitative estimate of drug-likeness (QED) is 0.794. The number of hydrogen-bond acceptors (Lipinski definition) is 3. The van der Waals surface area contributed by atoms with Crippen LogP contribution in [0.1, 0.15) is 42.2 Å². The number of rotatable bonds is 6. The van der Waals surface area contributed by atoms with Gasteiger partial charge in [-0.25, -0.2) is 0 Å². The van der Waals surface area contributed by atoms with Crippen LogP contribution in [0.2, 0.25) is 5.02 Å². The molecule has 0 radical (unpaired) electrons. The molecule has 1 saturated heterocycles. The first-order valence-electron chi connectivity index (χ1n) is 9.01. The van der Waals surface area contributed by atoms with Crippen LogP contribution in [0.5, 0.6) is 0 Å². The number of nitrogens with zero attached hydrogens (tertiary/aromatic N) is 1. The number of thiophene rings is 1. The number of hydrogen-bond donors (Lipinski definition) is 1. The molecule has 1 aromatic carbocycles. The predicted octanol–water partition coefficient (Wildman–Crippen LogP) is 4.68. The molecule has 0 unspecified atom stereocenters. The summed E-state index contributed by atoms with van der Waals surface area (Å²) < 4.78 is 0. The molecule has 1 aliphatic heterocycles. The molecule has 1 fully saturated rings. The summed E-state index contributed by atoms with van der Waals surface area (Å²) in [6.07, 6.45) is 5.53. The van der Waals surface area contributed by atoms with Crippen molar-refractivity contribution in [1.29, 1.82) is 0 Å². The van der Waals surface area contributed by atoms with E-state index >= 15 is 0 Å². The zero-order valence-corrected chi connectivity index (χ0v) is 16.0. The van der Waals surface area contributed by atoms with Crippen LogP contribution in [-0.4, -0.2) is 30.4 Å². The Morgan fingerprint density at radius 3 is 2.48 bits per heavy atom. The maximum absolute atomic E-state index is 12.4. The van der Waals surface area contributed by atoms with Crippen LogP contribution in [0.25, 0.3) is 0 Å². The zero-order valence-electron chi connectivity index (χ0n) is 14.4. The van der Waals surface area contributed by atoms with Crippen molar-refractivity contribution in [3.63, 3.8) is 0 Å². The van der Waals surface area contributed by atoms with Crippen LogP contribution in [0.15, 0.2) is 41.8 Å². The van der Waals surface area contributed by atoms with E-state index in [9.17, 15) is 4.79 Å². The Morgan fingerprint density at radius 1 is 1.12 bits per heavy atom. The molecule has 0 saturated carbocycles. The molecule has 1 aromatic heterocycles. The normalized spacial score (nSPS) is 17.0. The molecule has 134 valence electrons. The first-order chi connectivity index (χ1) is 12.2. The Morgan fingerprint density at radius 2 is 1.84 bits per heavy atom.